The second-order valence-corrected chi connectivity index (χ2v) is 13.6. The molecule has 1 aliphatic heterocycles. The van der Waals surface area contributed by atoms with Gasteiger partial charge in [-0.3, -0.25) is 4.79 Å². The Labute approximate surface area is 264 Å². The average molecular weight is 644 g/mol. The second kappa shape index (κ2) is 14.8. The molecule has 0 saturated carbocycles. The minimum atomic E-state index is -0.834. The van der Waals surface area contributed by atoms with Crippen molar-refractivity contribution in [2.24, 2.45) is 10.3 Å². The van der Waals surface area contributed by atoms with Gasteiger partial charge in [0.1, 0.15) is 34.7 Å². The number of halogens is 2. The van der Waals surface area contributed by atoms with Crippen molar-refractivity contribution in [1.29, 1.82) is 0 Å². The van der Waals surface area contributed by atoms with Crippen molar-refractivity contribution in [3.63, 3.8) is 0 Å². The third-order valence-corrected chi connectivity index (χ3v) is 7.70. The third-order valence-electron chi connectivity index (χ3n) is 6.46. The molecule has 2 N–H and O–H groups in total. The lowest BCUT2D eigenvalue weighted by atomic mass is 10.0. The van der Waals surface area contributed by atoms with Crippen molar-refractivity contribution < 1.29 is 32.6 Å². The lowest BCUT2D eigenvalue weighted by molar-refractivity contribution is -0.120. The van der Waals surface area contributed by atoms with Crippen LogP contribution in [0.4, 0.5) is 25.2 Å². The highest BCUT2D eigenvalue weighted by molar-refractivity contribution is 7.86. The molecule has 2 atom stereocenters. The second-order valence-electron chi connectivity index (χ2n) is 12.0. The molecule has 2 aromatic carbocycles. The predicted molar refractivity (Wildman–Crippen MR) is 170 cm³/mol. The SMILES string of the molecule is CC(C)C(NC(=O)OC(C)(C)C)C(=O)/N=S(/C)Cc1cc2cc(c1)OCCCCOc1cc(F)ccc1-c1nc(ncc1F)N2. The number of rotatable bonds is 5. The molecule has 4 bridgehead atoms. The van der Waals surface area contributed by atoms with Gasteiger partial charge in [0.05, 0.1) is 19.4 Å². The van der Waals surface area contributed by atoms with Gasteiger partial charge in [-0.15, -0.1) is 0 Å². The summed E-state index contributed by atoms with van der Waals surface area (Å²) >= 11 is 0. The molecule has 13 heteroatoms. The molecule has 0 aliphatic carbocycles. The molecule has 2 unspecified atom stereocenters. The molecule has 0 radical (unpaired) electrons. The highest BCUT2D eigenvalue weighted by Gasteiger charge is 2.27. The van der Waals surface area contributed by atoms with E-state index in [1.165, 1.54) is 18.2 Å². The first kappa shape index (κ1) is 33.8. The first-order valence-electron chi connectivity index (χ1n) is 14.6. The molecule has 0 spiro atoms. The summed E-state index contributed by atoms with van der Waals surface area (Å²) in [6, 6.07) is 8.54. The number of hydrogen-bond donors (Lipinski definition) is 2. The molecule has 2 heterocycles. The van der Waals surface area contributed by atoms with Crippen LogP contribution in [0.1, 0.15) is 53.0 Å². The topological polar surface area (TPSA) is 124 Å². The van der Waals surface area contributed by atoms with Crippen LogP contribution in [0.5, 0.6) is 11.5 Å². The van der Waals surface area contributed by atoms with Crippen LogP contribution in [-0.2, 0) is 26.0 Å². The number of anilines is 2. The Balaban J connectivity index is 1.60. The van der Waals surface area contributed by atoms with Gasteiger partial charge in [-0.1, -0.05) is 24.5 Å². The Hall–Kier alpha value is -4.13. The number of nitrogens with one attached hydrogen (secondary N) is 2. The van der Waals surface area contributed by atoms with Crippen LogP contribution in [0.15, 0.2) is 47.0 Å². The number of fused-ring (bicyclic) bond motifs is 6. The van der Waals surface area contributed by atoms with E-state index in [9.17, 15) is 18.4 Å². The monoisotopic (exact) mass is 643 g/mol. The van der Waals surface area contributed by atoms with Gasteiger partial charge in [-0.05, 0) is 75.6 Å². The number of amides is 2. The maximum atomic E-state index is 14.9. The number of alkyl carbamates (subject to hydrolysis) is 1. The number of carbonyl (C=O) groups is 2. The van der Waals surface area contributed by atoms with E-state index in [0.717, 1.165) is 11.8 Å². The number of aromatic nitrogens is 2. The van der Waals surface area contributed by atoms with E-state index in [1.54, 1.807) is 26.8 Å². The molecular formula is C32H39F2N5O5S. The fraction of sp³-hybridized carbons (Fsp3) is 0.438. The summed E-state index contributed by atoms with van der Waals surface area (Å²) in [6.45, 7) is 9.58. The summed E-state index contributed by atoms with van der Waals surface area (Å²) in [5.74, 6) is -0.533. The van der Waals surface area contributed by atoms with Gasteiger partial charge in [0.25, 0.3) is 5.91 Å². The highest BCUT2D eigenvalue weighted by atomic mass is 32.2. The Morgan fingerprint density at radius 2 is 1.84 bits per heavy atom. The zero-order valence-electron chi connectivity index (χ0n) is 26.3. The van der Waals surface area contributed by atoms with Gasteiger partial charge < -0.3 is 24.8 Å². The minimum absolute atomic E-state index is 0.0305. The molecule has 2 amide bonds. The van der Waals surface area contributed by atoms with E-state index in [2.05, 4.69) is 25.0 Å². The van der Waals surface area contributed by atoms with E-state index in [1.807, 2.05) is 32.2 Å². The van der Waals surface area contributed by atoms with E-state index in [0.29, 0.717) is 42.2 Å². The summed E-state index contributed by atoms with van der Waals surface area (Å²) in [4.78, 5) is 33.9. The highest BCUT2D eigenvalue weighted by Crippen LogP contribution is 2.33. The van der Waals surface area contributed by atoms with Crippen LogP contribution in [0.25, 0.3) is 11.3 Å². The maximum absolute atomic E-state index is 14.9. The van der Waals surface area contributed by atoms with Gasteiger partial charge in [0, 0.05) is 29.1 Å². The van der Waals surface area contributed by atoms with E-state index < -0.39 is 46.0 Å². The van der Waals surface area contributed by atoms with E-state index in [4.69, 9.17) is 14.2 Å². The van der Waals surface area contributed by atoms with Gasteiger partial charge in [0.15, 0.2) is 5.82 Å². The van der Waals surface area contributed by atoms with Crippen molar-refractivity contribution in [3.05, 3.63) is 59.8 Å². The lowest BCUT2D eigenvalue weighted by Crippen LogP contribution is -2.46. The molecule has 0 fully saturated rings. The summed E-state index contributed by atoms with van der Waals surface area (Å²) in [6.07, 6.45) is 3.48. The molecule has 4 rings (SSSR count). The zero-order chi connectivity index (χ0) is 32.7. The molecule has 45 heavy (non-hydrogen) atoms. The van der Waals surface area contributed by atoms with Crippen molar-refractivity contribution in [1.82, 2.24) is 15.3 Å². The van der Waals surface area contributed by atoms with Gasteiger partial charge >= 0.3 is 6.09 Å². The molecule has 3 aromatic rings. The van der Waals surface area contributed by atoms with Crippen molar-refractivity contribution >= 4 is 34.3 Å². The molecule has 1 aliphatic rings. The van der Waals surface area contributed by atoms with E-state index in [-0.39, 0.29) is 29.9 Å². The number of nitrogens with zero attached hydrogens (tertiary/aromatic N) is 3. The van der Waals surface area contributed by atoms with Crippen LogP contribution < -0.4 is 20.1 Å². The quantitative estimate of drug-likeness (QED) is 0.314. The Kier molecular flexibility index (Phi) is 11.1. The van der Waals surface area contributed by atoms with Crippen molar-refractivity contribution in [3.8, 4) is 22.8 Å². The average Bonchev–Trinajstić information content (AvgIpc) is 2.93. The van der Waals surface area contributed by atoms with Gasteiger partial charge in [-0.25, -0.2) is 23.5 Å². The summed E-state index contributed by atoms with van der Waals surface area (Å²) < 4.78 is 50.5. The Morgan fingerprint density at radius 1 is 1.11 bits per heavy atom. The van der Waals surface area contributed by atoms with Crippen LogP contribution in [0.3, 0.4) is 0 Å². The van der Waals surface area contributed by atoms with Crippen LogP contribution in [0, 0.1) is 17.6 Å². The van der Waals surface area contributed by atoms with Crippen LogP contribution in [0.2, 0.25) is 0 Å². The lowest BCUT2D eigenvalue weighted by Gasteiger charge is -2.24. The summed E-state index contributed by atoms with van der Waals surface area (Å²) in [5.41, 5.74) is 0.989. The van der Waals surface area contributed by atoms with E-state index >= 15 is 0 Å². The van der Waals surface area contributed by atoms with Crippen molar-refractivity contribution in [2.45, 2.75) is 64.9 Å². The number of hydrogen-bond acceptors (Lipinski definition) is 8. The minimum Gasteiger partial charge on any atom is -0.494 e. The standard InChI is InChI=1S/C32H39F2N5O5S/c1-19(2)27(38-31(41)44-32(3,4)5)29(40)39-45(6)18-20-13-22-16-23(14-20)42-11-7-8-12-43-26-15-21(33)9-10-24(26)28-25(34)17-35-30(36-22)37-28/h9-10,13-17,19,27H,7-8,11-12,18H2,1-6H3,(H,38,41)(H,35,36,37). The molecule has 1 aromatic heterocycles. The first-order valence-corrected chi connectivity index (χ1v) is 16.4. The molecular weight excluding hydrogens is 604 g/mol. The predicted octanol–water partition coefficient (Wildman–Crippen LogP) is 6.72. The van der Waals surface area contributed by atoms with Gasteiger partial charge in [-0.2, -0.15) is 4.36 Å². The molecule has 10 nitrogen and oxygen atoms in total. The summed E-state index contributed by atoms with van der Waals surface area (Å²) in [7, 11) is -0.749. The Morgan fingerprint density at radius 3 is 2.56 bits per heavy atom. The number of ether oxygens (including phenoxy) is 3. The molecule has 242 valence electrons. The smallest absolute Gasteiger partial charge is 0.408 e. The zero-order valence-corrected chi connectivity index (χ0v) is 27.1. The number of benzene rings is 2. The first-order chi connectivity index (χ1) is 21.3. The van der Waals surface area contributed by atoms with Crippen LogP contribution in [-0.4, -0.2) is 53.1 Å². The Bertz CT molecular complexity index is 1580. The van der Waals surface area contributed by atoms with Crippen molar-refractivity contribution in [2.75, 3.05) is 24.8 Å². The fourth-order valence-corrected chi connectivity index (χ4v) is 5.60. The van der Waals surface area contributed by atoms with Gasteiger partial charge in [0.2, 0.25) is 5.95 Å². The maximum Gasteiger partial charge on any atom is 0.408 e. The largest absolute Gasteiger partial charge is 0.494 e. The molecule has 0 saturated heterocycles. The number of carbonyl (C=O) groups excluding carboxylic acids is 2. The third kappa shape index (κ3) is 9.93. The van der Waals surface area contributed by atoms with Crippen LogP contribution >= 0.6 is 0 Å². The summed E-state index contributed by atoms with van der Waals surface area (Å²) in [5, 5.41) is 5.76. The fourth-order valence-electron chi connectivity index (χ4n) is 4.46. The normalized spacial score (nSPS) is 14.9.